The Morgan fingerprint density at radius 1 is 1.31 bits per heavy atom. The Balaban J connectivity index is 1.63. The Labute approximate surface area is 152 Å². The third-order valence-electron chi connectivity index (χ3n) is 4.13. The summed E-state index contributed by atoms with van der Waals surface area (Å²) in [5, 5.41) is 10.2. The van der Waals surface area contributed by atoms with Gasteiger partial charge in [0, 0.05) is 18.2 Å². The minimum Gasteiger partial charge on any atom is -0.493 e. The van der Waals surface area contributed by atoms with Gasteiger partial charge < -0.3 is 15.4 Å². The fourth-order valence-corrected chi connectivity index (χ4v) is 3.05. The van der Waals surface area contributed by atoms with E-state index in [1.54, 1.807) is 22.9 Å². The maximum Gasteiger partial charge on any atom is 0.271 e. The van der Waals surface area contributed by atoms with Gasteiger partial charge in [0.1, 0.15) is 11.4 Å². The number of benzene rings is 1. The molecule has 1 aromatic heterocycles. The van der Waals surface area contributed by atoms with Crippen molar-refractivity contribution < 1.29 is 14.3 Å². The molecule has 0 radical (unpaired) electrons. The molecule has 0 spiro atoms. The molecule has 0 aliphatic carbocycles. The lowest BCUT2D eigenvalue weighted by Crippen LogP contribution is -2.36. The normalized spacial score (nSPS) is 15.6. The van der Waals surface area contributed by atoms with E-state index in [0.717, 1.165) is 5.69 Å². The number of amides is 2. The number of nitrogens with one attached hydrogen (secondary N) is 2. The molecule has 1 atom stereocenters. The van der Waals surface area contributed by atoms with Gasteiger partial charge in [-0.1, -0.05) is 12.1 Å². The molecule has 3 rings (SSSR count). The van der Waals surface area contributed by atoms with Crippen LogP contribution in [0.3, 0.4) is 0 Å². The van der Waals surface area contributed by atoms with E-state index >= 15 is 0 Å². The van der Waals surface area contributed by atoms with Crippen molar-refractivity contribution in [3.05, 3.63) is 47.3 Å². The Hall–Kier alpha value is -2.83. The van der Waals surface area contributed by atoms with Crippen molar-refractivity contribution in [3.8, 4) is 5.75 Å². The number of hydrogen-bond acceptors (Lipinski definition) is 4. The van der Waals surface area contributed by atoms with E-state index in [9.17, 15) is 9.59 Å². The highest BCUT2D eigenvalue weighted by atomic mass is 16.5. The minimum absolute atomic E-state index is 0.0538. The Bertz CT molecular complexity index is 789. The number of ether oxygens (including phenoxy) is 1. The van der Waals surface area contributed by atoms with Gasteiger partial charge in [-0.25, -0.2) is 0 Å². The van der Waals surface area contributed by atoms with Crippen molar-refractivity contribution in [2.75, 3.05) is 6.61 Å². The molecule has 0 fully saturated rings. The Kier molecular flexibility index (Phi) is 5.25. The summed E-state index contributed by atoms with van der Waals surface area (Å²) in [5.74, 6) is 0.242. The first-order valence-electron chi connectivity index (χ1n) is 8.88. The van der Waals surface area contributed by atoms with Crippen LogP contribution in [0.4, 0.5) is 0 Å². The van der Waals surface area contributed by atoms with Gasteiger partial charge in [0.05, 0.1) is 24.8 Å². The predicted molar refractivity (Wildman–Crippen MR) is 97.4 cm³/mol. The summed E-state index contributed by atoms with van der Waals surface area (Å²) >= 11 is 0. The van der Waals surface area contributed by atoms with E-state index in [-0.39, 0.29) is 23.9 Å². The van der Waals surface area contributed by atoms with Gasteiger partial charge in [-0.3, -0.25) is 14.3 Å². The van der Waals surface area contributed by atoms with Crippen LogP contribution in [0.25, 0.3) is 0 Å². The van der Waals surface area contributed by atoms with Gasteiger partial charge in [0.15, 0.2) is 0 Å². The van der Waals surface area contributed by atoms with Gasteiger partial charge >= 0.3 is 0 Å². The van der Waals surface area contributed by atoms with Crippen LogP contribution in [-0.4, -0.2) is 40.3 Å². The van der Waals surface area contributed by atoms with Crippen molar-refractivity contribution in [2.24, 2.45) is 0 Å². The van der Waals surface area contributed by atoms with Crippen molar-refractivity contribution in [3.63, 3.8) is 0 Å². The molecular weight excluding hydrogens is 332 g/mol. The summed E-state index contributed by atoms with van der Waals surface area (Å²) in [4.78, 5) is 24.6. The molecule has 2 amide bonds. The number of hydrogen-bond donors (Lipinski definition) is 2. The van der Waals surface area contributed by atoms with Crippen LogP contribution < -0.4 is 15.4 Å². The molecule has 2 aromatic rings. The Morgan fingerprint density at radius 2 is 2.08 bits per heavy atom. The van der Waals surface area contributed by atoms with Crippen molar-refractivity contribution in [1.82, 2.24) is 20.4 Å². The molecule has 7 nitrogen and oxygen atoms in total. The maximum atomic E-state index is 12.6. The largest absolute Gasteiger partial charge is 0.493 e. The van der Waals surface area contributed by atoms with E-state index in [1.807, 2.05) is 32.9 Å². The molecule has 1 unspecified atom stereocenters. The van der Waals surface area contributed by atoms with Gasteiger partial charge in [-0.15, -0.1) is 0 Å². The van der Waals surface area contributed by atoms with Gasteiger partial charge in [0.2, 0.25) is 0 Å². The lowest BCUT2D eigenvalue weighted by molar-refractivity contribution is 0.0921. The molecule has 0 bridgehead atoms. The van der Waals surface area contributed by atoms with Crippen LogP contribution in [0, 0.1) is 0 Å². The Morgan fingerprint density at radius 3 is 2.77 bits per heavy atom. The SMILES string of the molecule is CCOc1ccccc1C(=O)NC1Cc2cc(C(=O)NC(C)C)nn2C1. The van der Waals surface area contributed by atoms with Crippen LogP contribution in [-0.2, 0) is 13.0 Å². The first kappa shape index (κ1) is 18.0. The number of para-hydroxylation sites is 1. The molecule has 2 N–H and O–H groups in total. The summed E-state index contributed by atoms with van der Waals surface area (Å²) in [6.45, 7) is 6.76. The third-order valence-corrected chi connectivity index (χ3v) is 4.13. The molecule has 26 heavy (non-hydrogen) atoms. The third kappa shape index (κ3) is 3.87. The van der Waals surface area contributed by atoms with Crippen molar-refractivity contribution in [1.29, 1.82) is 0 Å². The smallest absolute Gasteiger partial charge is 0.271 e. The lowest BCUT2D eigenvalue weighted by atomic mass is 10.1. The number of rotatable bonds is 6. The number of aromatic nitrogens is 2. The second kappa shape index (κ2) is 7.59. The van der Waals surface area contributed by atoms with Crippen molar-refractivity contribution >= 4 is 11.8 Å². The second-order valence-corrected chi connectivity index (χ2v) is 6.63. The highest BCUT2D eigenvalue weighted by Gasteiger charge is 2.27. The van der Waals surface area contributed by atoms with E-state index in [2.05, 4.69) is 15.7 Å². The summed E-state index contributed by atoms with van der Waals surface area (Å²) in [7, 11) is 0. The summed E-state index contributed by atoms with van der Waals surface area (Å²) in [5.41, 5.74) is 1.89. The molecular formula is C19H24N4O3. The fourth-order valence-electron chi connectivity index (χ4n) is 3.05. The molecule has 7 heteroatoms. The summed E-state index contributed by atoms with van der Waals surface area (Å²) in [6.07, 6.45) is 0.643. The quantitative estimate of drug-likeness (QED) is 0.826. The van der Waals surface area contributed by atoms with Crippen LogP contribution in [0.1, 0.15) is 47.3 Å². The number of carbonyl (C=O) groups is 2. The molecule has 0 saturated heterocycles. The van der Waals surface area contributed by atoms with E-state index in [0.29, 0.717) is 36.6 Å². The number of nitrogens with zero attached hydrogens (tertiary/aromatic N) is 2. The van der Waals surface area contributed by atoms with E-state index in [1.165, 1.54) is 0 Å². The van der Waals surface area contributed by atoms with Crippen LogP contribution in [0.15, 0.2) is 30.3 Å². The van der Waals surface area contributed by atoms with Gasteiger partial charge in [0.25, 0.3) is 11.8 Å². The first-order chi connectivity index (χ1) is 12.5. The zero-order valence-corrected chi connectivity index (χ0v) is 15.3. The highest BCUT2D eigenvalue weighted by molar-refractivity contribution is 5.97. The lowest BCUT2D eigenvalue weighted by Gasteiger charge is -2.14. The molecule has 1 aliphatic rings. The standard InChI is InChI=1S/C19H24N4O3/c1-4-26-17-8-6-5-7-15(17)18(24)21-13-9-14-10-16(22-23(14)11-13)19(25)20-12(2)3/h5-8,10,12-13H,4,9,11H2,1-3H3,(H,20,25)(H,21,24). The van der Waals surface area contributed by atoms with Crippen LogP contribution in [0.5, 0.6) is 5.75 Å². The average molecular weight is 356 g/mol. The van der Waals surface area contributed by atoms with Crippen molar-refractivity contribution in [2.45, 2.75) is 45.8 Å². The summed E-state index contributed by atoms with van der Waals surface area (Å²) in [6, 6.07) is 9.00. The van der Waals surface area contributed by atoms with E-state index < -0.39 is 0 Å². The average Bonchev–Trinajstić information content (AvgIpc) is 3.13. The minimum atomic E-state index is -0.173. The fraction of sp³-hybridized carbons (Fsp3) is 0.421. The monoisotopic (exact) mass is 356 g/mol. The van der Waals surface area contributed by atoms with Crippen LogP contribution in [0.2, 0.25) is 0 Å². The topological polar surface area (TPSA) is 85.2 Å². The zero-order chi connectivity index (χ0) is 18.7. The maximum absolute atomic E-state index is 12.6. The number of fused-ring (bicyclic) bond motifs is 1. The predicted octanol–water partition coefficient (Wildman–Crippen LogP) is 1.77. The number of carbonyl (C=O) groups excluding carboxylic acids is 2. The van der Waals surface area contributed by atoms with Gasteiger partial charge in [-0.2, -0.15) is 5.10 Å². The first-order valence-corrected chi connectivity index (χ1v) is 8.88. The molecule has 0 saturated carbocycles. The molecule has 2 heterocycles. The molecule has 138 valence electrons. The van der Waals surface area contributed by atoms with Crippen LogP contribution >= 0.6 is 0 Å². The van der Waals surface area contributed by atoms with Gasteiger partial charge in [-0.05, 0) is 39.0 Å². The molecule has 1 aliphatic heterocycles. The molecule has 1 aromatic carbocycles. The highest BCUT2D eigenvalue weighted by Crippen LogP contribution is 2.20. The van der Waals surface area contributed by atoms with E-state index in [4.69, 9.17) is 4.74 Å². The zero-order valence-electron chi connectivity index (χ0n) is 15.3. The summed E-state index contributed by atoms with van der Waals surface area (Å²) < 4.78 is 7.31. The second-order valence-electron chi connectivity index (χ2n) is 6.63.